The number of amides is 1. The Kier molecular flexibility index (Phi) is 3.69. The lowest BCUT2D eigenvalue weighted by Crippen LogP contribution is -2.42. The molecule has 0 radical (unpaired) electrons. The molecule has 0 saturated carbocycles. The minimum atomic E-state index is -1.52. The van der Waals surface area contributed by atoms with E-state index in [0.717, 1.165) is 0 Å². The average molecular weight is 175 g/mol. The molecule has 5 heteroatoms. The largest absolute Gasteiger partial charge is 0.480 e. The Morgan fingerprint density at radius 2 is 2.08 bits per heavy atom. The second-order valence-corrected chi connectivity index (χ2v) is 2.74. The number of hydrogen-bond donors (Lipinski definition) is 2. The first-order valence-electron chi connectivity index (χ1n) is 3.47. The molecule has 3 N–H and O–H groups in total. The van der Waals surface area contributed by atoms with Gasteiger partial charge in [0.25, 0.3) is 0 Å². The van der Waals surface area contributed by atoms with E-state index >= 15 is 0 Å². The predicted molar refractivity (Wildman–Crippen MR) is 41.4 cm³/mol. The van der Waals surface area contributed by atoms with Gasteiger partial charge in [-0.05, 0) is 13.3 Å². The molecule has 70 valence electrons. The Labute approximate surface area is 70.5 Å². The van der Waals surface area contributed by atoms with Crippen molar-refractivity contribution in [2.75, 3.05) is 13.7 Å². The molecule has 0 aromatic heterocycles. The van der Waals surface area contributed by atoms with Gasteiger partial charge in [0.05, 0.1) is 0 Å². The zero-order valence-corrected chi connectivity index (χ0v) is 7.16. The molecule has 1 unspecified atom stereocenters. The van der Waals surface area contributed by atoms with Crippen molar-refractivity contribution in [3.8, 4) is 0 Å². The van der Waals surface area contributed by atoms with Crippen molar-refractivity contribution in [1.29, 1.82) is 0 Å². The quantitative estimate of drug-likeness (QED) is 0.556. The minimum Gasteiger partial charge on any atom is -0.480 e. The molecule has 0 saturated heterocycles. The molecule has 0 fully saturated rings. The van der Waals surface area contributed by atoms with E-state index in [1.165, 1.54) is 14.0 Å². The number of methoxy groups -OCH3 is 1. The molecule has 1 atom stereocenters. The van der Waals surface area contributed by atoms with Gasteiger partial charge in [-0.2, -0.15) is 0 Å². The smallest absolute Gasteiger partial charge is 0.318 e. The summed E-state index contributed by atoms with van der Waals surface area (Å²) in [7, 11) is 1.43. The van der Waals surface area contributed by atoms with Crippen molar-refractivity contribution in [3.05, 3.63) is 0 Å². The van der Waals surface area contributed by atoms with Crippen LogP contribution >= 0.6 is 0 Å². The molecule has 0 bridgehead atoms. The molecular weight excluding hydrogens is 162 g/mol. The summed E-state index contributed by atoms with van der Waals surface area (Å²) in [5, 5.41) is 8.67. The second kappa shape index (κ2) is 4.06. The topological polar surface area (TPSA) is 89.6 Å². The number of rotatable bonds is 5. The van der Waals surface area contributed by atoms with E-state index in [4.69, 9.17) is 10.8 Å². The van der Waals surface area contributed by atoms with Crippen molar-refractivity contribution in [1.82, 2.24) is 0 Å². The molecule has 0 heterocycles. The standard InChI is InChI=1S/C7H13NO4/c1-7(5(8)9,6(10)11)3-4-12-2/h3-4H2,1-2H3,(H2,8,9)(H,10,11). The van der Waals surface area contributed by atoms with Gasteiger partial charge in [-0.1, -0.05) is 0 Å². The van der Waals surface area contributed by atoms with E-state index < -0.39 is 17.3 Å². The van der Waals surface area contributed by atoms with Crippen LogP contribution in [0.2, 0.25) is 0 Å². The van der Waals surface area contributed by atoms with Crippen LogP contribution in [0.25, 0.3) is 0 Å². The normalized spacial score (nSPS) is 15.2. The Morgan fingerprint density at radius 1 is 1.58 bits per heavy atom. The summed E-state index contributed by atoms with van der Waals surface area (Å²) in [5.41, 5.74) is 3.42. The lowest BCUT2D eigenvalue weighted by Gasteiger charge is -2.19. The number of ether oxygens (including phenoxy) is 1. The monoisotopic (exact) mass is 175 g/mol. The highest BCUT2D eigenvalue weighted by Crippen LogP contribution is 2.20. The van der Waals surface area contributed by atoms with Gasteiger partial charge in [0, 0.05) is 13.7 Å². The molecule has 0 spiro atoms. The first kappa shape index (κ1) is 10.9. The van der Waals surface area contributed by atoms with Crippen LogP contribution in [0.4, 0.5) is 0 Å². The lowest BCUT2D eigenvalue weighted by atomic mass is 9.86. The molecular formula is C7H13NO4. The van der Waals surface area contributed by atoms with E-state index in [9.17, 15) is 9.59 Å². The summed E-state index contributed by atoms with van der Waals surface area (Å²) in [6.07, 6.45) is 0.0914. The molecule has 0 aromatic carbocycles. The third-order valence-corrected chi connectivity index (χ3v) is 1.82. The van der Waals surface area contributed by atoms with Crippen molar-refractivity contribution in [3.63, 3.8) is 0 Å². The molecule has 0 aliphatic rings. The molecule has 1 amide bonds. The van der Waals surface area contributed by atoms with Crippen molar-refractivity contribution < 1.29 is 19.4 Å². The molecule has 5 nitrogen and oxygen atoms in total. The fourth-order valence-corrected chi connectivity index (χ4v) is 0.642. The second-order valence-electron chi connectivity index (χ2n) is 2.74. The van der Waals surface area contributed by atoms with Gasteiger partial charge >= 0.3 is 5.97 Å². The van der Waals surface area contributed by atoms with Crippen LogP contribution in [0.3, 0.4) is 0 Å². The Hall–Kier alpha value is -1.10. The van der Waals surface area contributed by atoms with E-state index in [0.29, 0.717) is 0 Å². The van der Waals surface area contributed by atoms with Crippen LogP contribution in [-0.4, -0.2) is 30.7 Å². The summed E-state index contributed by atoms with van der Waals surface area (Å²) in [4.78, 5) is 21.4. The Morgan fingerprint density at radius 3 is 2.33 bits per heavy atom. The Bertz CT molecular complexity index is 176. The summed E-state index contributed by atoms with van der Waals surface area (Å²) in [6.45, 7) is 1.49. The summed E-state index contributed by atoms with van der Waals surface area (Å²) < 4.78 is 4.67. The van der Waals surface area contributed by atoms with E-state index in [-0.39, 0.29) is 13.0 Å². The number of carbonyl (C=O) groups is 2. The van der Waals surface area contributed by atoms with Gasteiger partial charge in [0.15, 0.2) is 0 Å². The number of hydrogen-bond acceptors (Lipinski definition) is 3. The van der Waals surface area contributed by atoms with Gasteiger partial charge in [0.2, 0.25) is 5.91 Å². The number of primary amides is 1. The van der Waals surface area contributed by atoms with Gasteiger partial charge in [-0.3, -0.25) is 9.59 Å². The molecule has 0 aromatic rings. The number of carboxylic acids is 1. The molecule has 0 rings (SSSR count). The number of carbonyl (C=O) groups excluding carboxylic acids is 1. The van der Waals surface area contributed by atoms with Crippen LogP contribution in [0.1, 0.15) is 13.3 Å². The van der Waals surface area contributed by atoms with E-state index in [2.05, 4.69) is 4.74 Å². The maximum Gasteiger partial charge on any atom is 0.318 e. The summed E-state index contributed by atoms with van der Waals surface area (Å²) in [6, 6.07) is 0. The highest BCUT2D eigenvalue weighted by Gasteiger charge is 2.38. The van der Waals surface area contributed by atoms with Crippen LogP contribution in [0, 0.1) is 5.41 Å². The molecule has 0 aliphatic carbocycles. The van der Waals surface area contributed by atoms with Crippen molar-refractivity contribution >= 4 is 11.9 Å². The lowest BCUT2D eigenvalue weighted by molar-refractivity contribution is -0.154. The fourth-order valence-electron chi connectivity index (χ4n) is 0.642. The van der Waals surface area contributed by atoms with Gasteiger partial charge in [0.1, 0.15) is 5.41 Å². The van der Waals surface area contributed by atoms with E-state index in [1.54, 1.807) is 0 Å². The first-order valence-corrected chi connectivity index (χ1v) is 3.47. The fraction of sp³-hybridized carbons (Fsp3) is 0.714. The summed E-state index contributed by atoms with van der Waals surface area (Å²) >= 11 is 0. The zero-order chi connectivity index (χ0) is 9.78. The molecule has 0 aliphatic heterocycles. The molecule has 12 heavy (non-hydrogen) atoms. The SMILES string of the molecule is COCCC(C)(C(N)=O)C(=O)O. The third-order valence-electron chi connectivity index (χ3n) is 1.82. The predicted octanol–water partition coefficient (Wildman–Crippen LogP) is -0.401. The number of nitrogens with two attached hydrogens (primary N) is 1. The van der Waals surface area contributed by atoms with Crippen LogP contribution in [-0.2, 0) is 14.3 Å². The van der Waals surface area contributed by atoms with Crippen LogP contribution in [0.5, 0.6) is 0 Å². The Balaban J connectivity index is 4.40. The number of carboxylic acid groups (broad SMARTS) is 1. The van der Waals surface area contributed by atoms with Gasteiger partial charge < -0.3 is 15.6 Å². The highest BCUT2D eigenvalue weighted by atomic mass is 16.5. The maximum absolute atomic E-state index is 10.8. The third kappa shape index (κ3) is 2.20. The zero-order valence-electron chi connectivity index (χ0n) is 7.16. The van der Waals surface area contributed by atoms with E-state index in [1.807, 2.05) is 0 Å². The first-order chi connectivity index (χ1) is 5.45. The average Bonchev–Trinajstić information content (AvgIpc) is 1.99. The maximum atomic E-state index is 10.8. The van der Waals surface area contributed by atoms with Crippen LogP contribution < -0.4 is 5.73 Å². The minimum absolute atomic E-state index is 0.0914. The highest BCUT2D eigenvalue weighted by molar-refractivity contribution is 6.00. The summed E-state index contributed by atoms with van der Waals surface area (Å²) in [5.74, 6) is -2.06. The number of aliphatic carboxylic acids is 1. The van der Waals surface area contributed by atoms with Crippen molar-refractivity contribution in [2.24, 2.45) is 11.1 Å². The van der Waals surface area contributed by atoms with Crippen molar-refractivity contribution in [2.45, 2.75) is 13.3 Å². The van der Waals surface area contributed by atoms with Gasteiger partial charge in [-0.25, -0.2) is 0 Å². The van der Waals surface area contributed by atoms with Crippen LogP contribution in [0.15, 0.2) is 0 Å². The van der Waals surface area contributed by atoms with Gasteiger partial charge in [-0.15, -0.1) is 0 Å².